The van der Waals surface area contributed by atoms with Crippen LogP contribution in [0.2, 0.25) is 0 Å². The number of benzene rings is 1. The predicted molar refractivity (Wildman–Crippen MR) is 99.1 cm³/mol. The maximum absolute atomic E-state index is 6.39. The minimum atomic E-state index is 0.238. The van der Waals surface area contributed by atoms with E-state index in [1.165, 1.54) is 0 Å². The fraction of sp³-hybridized carbons (Fsp3) is 0.625. The van der Waals surface area contributed by atoms with Crippen LogP contribution in [0.3, 0.4) is 0 Å². The molecule has 1 aromatic carbocycles. The van der Waals surface area contributed by atoms with Crippen LogP contribution in [-0.4, -0.2) is 18.7 Å². The number of ether oxygens (including phenoxy) is 1. The Bertz CT molecular complexity index is 479. The summed E-state index contributed by atoms with van der Waals surface area (Å²) < 4.78 is 9.39. The summed E-state index contributed by atoms with van der Waals surface area (Å²) in [6, 6.07) is 4.62. The second-order valence-corrected chi connectivity index (χ2v) is 8.22. The summed E-state index contributed by atoms with van der Waals surface area (Å²) in [7, 11) is 0. The van der Waals surface area contributed by atoms with Crippen molar-refractivity contribution >= 4 is 47.8 Å². The van der Waals surface area contributed by atoms with Crippen LogP contribution in [0.5, 0.6) is 5.75 Å². The first-order valence-electron chi connectivity index (χ1n) is 7.53. The molecule has 21 heavy (non-hydrogen) atoms. The molecule has 0 amide bonds. The van der Waals surface area contributed by atoms with Crippen molar-refractivity contribution in [3.8, 4) is 5.75 Å². The van der Waals surface area contributed by atoms with Crippen molar-refractivity contribution in [1.29, 1.82) is 0 Å². The molecule has 2 unspecified atom stereocenters. The highest BCUT2D eigenvalue weighted by atomic mass is 79.9. The molecule has 0 bridgehead atoms. The standard InChI is InChI=1S/C16H22Br3NO/c1-4-16(5-2)13(20-6-3)9-14(16)21-15-11(18)7-10(17)8-12(15)19/h7-8,13-14,20H,4-6,9H2,1-3H3. The molecule has 0 aliphatic heterocycles. The Morgan fingerprint density at radius 1 is 1.14 bits per heavy atom. The molecule has 0 saturated heterocycles. The van der Waals surface area contributed by atoms with Crippen molar-refractivity contribution in [2.45, 2.75) is 52.2 Å². The van der Waals surface area contributed by atoms with Crippen LogP contribution in [0, 0.1) is 5.41 Å². The zero-order valence-electron chi connectivity index (χ0n) is 12.7. The first-order valence-corrected chi connectivity index (χ1v) is 9.90. The van der Waals surface area contributed by atoms with Gasteiger partial charge in [0.25, 0.3) is 0 Å². The topological polar surface area (TPSA) is 21.3 Å². The Kier molecular flexibility index (Phi) is 6.20. The predicted octanol–water partition coefficient (Wildman–Crippen LogP) is 5.91. The molecule has 0 spiro atoms. The Morgan fingerprint density at radius 2 is 1.71 bits per heavy atom. The van der Waals surface area contributed by atoms with Gasteiger partial charge in [-0.3, -0.25) is 0 Å². The summed E-state index contributed by atoms with van der Waals surface area (Å²) in [5, 5.41) is 3.62. The van der Waals surface area contributed by atoms with Crippen molar-refractivity contribution in [1.82, 2.24) is 5.32 Å². The molecule has 1 aliphatic carbocycles. The van der Waals surface area contributed by atoms with Gasteiger partial charge in [0.15, 0.2) is 0 Å². The third-order valence-electron chi connectivity index (χ3n) is 4.78. The van der Waals surface area contributed by atoms with Gasteiger partial charge in [-0.25, -0.2) is 0 Å². The van der Waals surface area contributed by atoms with Crippen molar-refractivity contribution in [3.05, 3.63) is 25.6 Å². The highest BCUT2D eigenvalue weighted by molar-refractivity contribution is 9.11. The highest BCUT2D eigenvalue weighted by Gasteiger charge is 2.54. The molecule has 1 fully saturated rings. The van der Waals surface area contributed by atoms with Crippen molar-refractivity contribution in [2.75, 3.05) is 6.54 Å². The van der Waals surface area contributed by atoms with Gasteiger partial charge in [-0.1, -0.05) is 36.7 Å². The van der Waals surface area contributed by atoms with Gasteiger partial charge in [0, 0.05) is 22.4 Å². The molecule has 5 heteroatoms. The van der Waals surface area contributed by atoms with Crippen LogP contribution < -0.4 is 10.1 Å². The minimum Gasteiger partial charge on any atom is -0.487 e. The van der Waals surface area contributed by atoms with E-state index in [1.807, 2.05) is 12.1 Å². The summed E-state index contributed by atoms with van der Waals surface area (Å²) >= 11 is 10.7. The zero-order valence-corrected chi connectivity index (χ0v) is 17.4. The van der Waals surface area contributed by atoms with Crippen LogP contribution in [0.4, 0.5) is 0 Å². The largest absolute Gasteiger partial charge is 0.487 e. The zero-order chi connectivity index (χ0) is 15.6. The Labute approximate surface area is 152 Å². The quantitative estimate of drug-likeness (QED) is 0.543. The van der Waals surface area contributed by atoms with Crippen LogP contribution in [0.15, 0.2) is 25.6 Å². The van der Waals surface area contributed by atoms with E-state index in [1.54, 1.807) is 0 Å². The van der Waals surface area contributed by atoms with E-state index in [0.717, 1.165) is 45.0 Å². The molecule has 1 saturated carbocycles. The normalized spacial score (nSPS) is 23.7. The lowest BCUT2D eigenvalue weighted by molar-refractivity contribution is -0.0860. The van der Waals surface area contributed by atoms with Gasteiger partial charge in [0.05, 0.1) is 8.95 Å². The van der Waals surface area contributed by atoms with E-state index in [-0.39, 0.29) is 11.5 Å². The molecular formula is C16H22Br3NO. The summed E-state index contributed by atoms with van der Waals surface area (Å²) in [6.07, 6.45) is 3.62. The molecule has 2 rings (SSSR count). The summed E-state index contributed by atoms with van der Waals surface area (Å²) in [6.45, 7) is 7.74. The first-order chi connectivity index (χ1) is 9.98. The summed E-state index contributed by atoms with van der Waals surface area (Å²) in [5.41, 5.74) is 0.238. The monoisotopic (exact) mass is 481 g/mol. The van der Waals surface area contributed by atoms with Gasteiger partial charge >= 0.3 is 0 Å². The van der Waals surface area contributed by atoms with Gasteiger partial charge in [-0.2, -0.15) is 0 Å². The maximum atomic E-state index is 6.39. The molecule has 1 aromatic rings. The van der Waals surface area contributed by atoms with Crippen LogP contribution in [0.1, 0.15) is 40.0 Å². The maximum Gasteiger partial charge on any atom is 0.148 e. The first kappa shape index (κ1) is 17.8. The van der Waals surface area contributed by atoms with Crippen molar-refractivity contribution in [2.24, 2.45) is 5.41 Å². The Balaban J connectivity index is 2.20. The Hall–Kier alpha value is 0.420. The van der Waals surface area contributed by atoms with E-state index >= 15 is 0 Å². The van der Waals surface area contributed by atoms with E-state index in [2.05, 4.69) is 73.9 Å². The molecule has 1 aliphatic rings. The lowest BCUT2D eigenvalue weighted by Crippen LogP contribution is -2.64. The third kappa shape index (κ3) is 3.36. The van der Waals surface area contributed by atoms with Gasteiger partial charge in [-0.15, -0.1) is 0 Å². The smallest absolute Gasteiger partial charge is 0.148 e. The minimum absolute atomic E-state index is 0.238. The summed E-state index contributed by atoms with van der Waals surface area (Å²) in [4.78, 5) is 0. The number of hydrogen-bond acceptors (Lipinski definition) is 2. The van der Waals surface area contributed by atoms with Crippen LogP contribution in [0.25, 0.3) is 0 Å². The van der Waals surface area contributed by atoms with E-state index in [9.17, 15) is 0 Å². The molecule has 1 N–H and O–H groups in total. The van der Waals surface area contributed by atoms with Crippen LogP contribution >= 0.6 is 47.8 Å². The van der Waals surface area contributed by atoms with E-state index in [4.69, 9.17) is 4.74 Å². The fourth-order valence-electron chi connectivity index (χ4n) is 3.43. The van der Waals surface area contributed by atoms with Crippen molar-refractivity contribution in [3.63, 3.8) is 0 Å². The number of rotatable bonds is 6. The Morgan fingerprint density at radius 3 is 2.19 bits per heavy atom. The average molecular weight is 484 g/mol. The van der Waals surface area contributed by atoms with Crippen molar-refractivity contribution < 1.29 is 4.74 Å². The highest BCUT2D eigenvalue weighted by Crippen LogP contribution is 2.50. The molecule has 0 aromatic heterocycles. The fourth-order valence-corrected chi connectivity index (χ4v) is 5.87. The lowest BCUT2D eigenvalue weighted by atomic mass is 9.58. The van der Waals surface area contributed by atoms with E-state index in [0.29, 0.717) is 6.04 Å². The van der Waals surface area contributed by atoms with Crippen LogP contribution in [-0.2, 0) is 0 Å². The molecule has 0 heterocycles. The lowest BCUT2D eigenvalue weighted by Gasteiger charge is -2.55. The number of nitrogens with one attached hydrogen (secondary N) is 1. The number of hydrogen-bond donors (Lipinski definition) is 1. The van der Waals surface area contributed by atoms with Gasteiger partial charge in [-0.05, 0) is 63.4 Å². The molecule has 118 valence electrons. The average Bonchev–Trinajstić information content (AvgIpc) is 2.41. The second kappa shape index (κ2) is 7.33. The van der Waals surface area contributed by atoms with Gasteiger partial charge in [0.1, 0.15) is 11.9 Å². The SMILES string of the molecule is CCNC1CC(Oc2c(Br)cc(Br)cc2Br)C1(CC)CC. The summed E-state index contributed by atoms with van der Waals surface area (Å²) in [5.74, 6) is 0.907. The van der Waals surface area contributed by atoms with E-state index < -0.39 is 0 Å². The molecule has 2 atom stereocenters. The number of halogens is 3. The second-order valence-electron chi connectivity index (χ2n) is 5.59. The molecule has 2 nitrogen and oxygen atoms in total. The molecule has 0 radical (unpaired) electrons. The van der Waals surface area contributed by atoms with Gasteiger partial charge < -0.3 is 10.1 Å². The molecular weight excluding hydrogens is 462 g/mol. The third-order valence-corrected chi connectivity index (χ3v) is 6.41. The van der Waals surface area contributed by atoms with Gasteiger partial charge in [0.2, 0.25) is 0 Å².